The van der Waals surface area contributed by atoms with Crippen LogP contribution >= 0.6 is 27.3 Å². The van der Waals surface area contributed by atoms with Gasteiger partial charge in [0.1, 0.15) is 4.21 Å². The number of sulfonamides is 1. The Hall–Kier alpha value is 0.0500. The van der Waals surface area contributed by atoms with Gasteiger partial charge in [-0.1, -0.05) is 0 Å². The molecule has 1 N–H and O–H groups in total. The van der Waals surface area contributed by atoms with E-state index < -0.39 is 10.0 Å². The highest BCUT2D eigenvalue weighted by Crippen LogP contribution is 2.32. The maximum atomic E-state index is 12.5. The third-order valence-electron chi connectivity index (χ3n) is 3.18. The second-order valence-corrected chi connectivity index (χ2v) is 8.34. The fraction of sp³-hybridized carbons (Fsp3) is 0.636. The Morgan fingerprint density at radius 3 is 2.94 bits per heavy atom. The van der Waals surface area contributed by atoms with Crippen molar-refractivity contribution in [2.24, 2.45) is 5.92 Å². The zero-order valence-electron chi connectivity index (χ0n) is 9.88. The molecule has 7 heteroatoms. The highest BCUT2D eigenvalue weighted by Gasteiger charge is 2.31. The zero-order chi connectivity index (χ0) is 13.2. The van der Waals surface area contributed by atoms with Gasteiger partial charge in [0, 0.05) is 24.2 Å². The highest BCUT2D eigenvalue weighted by atomic mass is 79.9. The van der Waals surface area contributed by atoms with Crippen molar-refractivity contribution in [2.75, 3.05) is 19.7 Å². The molecular weight excluding hydrogens is 338 g/mol. The molecule has 1 aromatic rings. The summed E-state index contributed by atoms with van der Waals surface area (Å²) in [6.45, 7) is 1.23. The Morgan fingerprint density at radius 2 is 2.33 bits per heavy atom. The molecule has 18 heavy (non-hydrogen) atoms. The van der Waals surface area contributed by atoms with E-state index in [2.05, 4.69) is 15.9 Å². The van der Waals surface area contributed by atoms with Crippen LogP contribution in [0.25, 0.3) is 0 Å². The molecule has 1 aromatic heterocycles. The van der Waals surface area contributed by atoms with Crippen molar-refractivity contribution in [2.45, 2.75) is 23.5 Å². The number of hydrogen-bond donors (Lipinski definition) is 1. The molecule has 1 aliphatic rings. The molecule has 0 amide bonds. The van der Waals surface area contributed by atoms with E-state index >= 15 is 0 Å². The van der Waals surface area contributed by atoms with Crippen LogP contribution in [0.1, 0.15) is 19.3 Å². The lowest BCUT2D eigenvalue weighted by Gasteiger charge is -2.31. The third-order valence-corrected chi connectivity index (χ3v) is 7.69. The second kappa shape index (κ2) is 6.00. The van der Waals surface area contributed by atoms with Crippen molar-refractivity contribution in [3.05, 3.63) is 15.9 Å². The summed E-state index contributed by atoms with van der Waals surface area (Å²) in [5, 5.41) is 10.7. The molecule has 1 fully saturated rings. The Kier molecular flexibility index (Phi) is 4.82. The van der Waals surface area contributed by atoms with Gasteiger partial charge in [-0.3, -0.25) is 0 Å². The van der Waals surface area contributed by atoms with E-state index in [4.69, 9.17) is 5.11 Å². The highest BCUT2D eigenvalue weighted by molar-refractivity contribution is 9.10. The van der Waals surface area contributed by atoms with Gasteiger partial charge in [0.2, 0.25) is 0 Å². The SMILES string of the molecule is O=S(=O)(c1sccc1Br)N1CCCC(CCO)C1. The van der Waals surface area contributed by atoms with E-state index in [1.807, 2.05) is 0 Å². The van der Waals surface area contributed by atoms with Crippen molar-refractivity contribution >= 4 is 37.3 Å². The molecule has 1 unspecified atom stereocenters. The van der Waals surface area contributed by atoms with Crippen molar-refractivity contribution in [1.82, 2.24) is 4.31 Å². The van der Waals surface area contributed by atoms with Crippen LogP contribution in [0.15, 0.2) is 20.1 Å². The van der Waals surface area contributed by atoms with E-state index in [1.54, 1.807) is 15.8 Å². The minimum atomic E-state index is -3.38. The summed E-state index contributed by atoms with van der Waals surface area (Å²) in [5.41, 5.74) is 0. The molecule has 2 heterocycles. The molecule has 0 aliphatic carbocycles. The smallest absolute Gasteiger partial charge is 0.253 e. The fourth-order valence-corrected chi connectivity index (χ4v) is 6.25. The van der Waals surface area contributed by atoms with Gasteiger partial charge in [-0.05, 0) is 52.6 Å². The molecule has 0 radical (unpaired) electrons. The van der Waals surface area contributed by atoms with Gasteiger partial charge in [-0.25, -0.2) is 8.42 Å². The molecule has 102 valence electrons. The fourth-order valence-electron chi connectivity index (χ4n) is 2.24. The summed E-state index contributed by atoms with van der Waals surface area (Å²) in [6, 6.07) is 1.76. The molecular formula is C11H16BrNO3S2. The molecule has 0 aromatic carbocycles. The topological polar surface area (TPSA) is 57.6 Å². The Bertz CT molecular complexity index is 498. The molecule has 0 bridgehead atoms. The summed E-state index contributed by atoms with van der Waals surface area (Å²) in [6.07, 6.45) is 2.54. The lowest BCUT2D eigenvalue weighted by atomic mass is 9.97. The van der Waals surface area contributed by atoms with E-state index in [9.17, 15) is 8.42 Å². The minimum Gasteiger partial charge on any atom is -0.396 e. The maximum absolute atomic E-state index is 12.5. The van der Waals surface area contributed by atoms with Crippen LogP contribution in [0.4, 0.5) is 0 Å². The molecule has 1 aliphatic heterocycles. The van der Waals surface area contributed by atoms with Gasteiger partial charge in [0.05, 0.1) is 0 Å². The number of aliphatic hydroxyl groups is 1. The number of aliphatic hydroxyl groups excluding tert-OH is 1. The van der Waals surface area contributed by atoms with Gasteiger partial charge in [-0.15, -0.1) is 11.3 Å². The number of thiophene rings is 1. The van der Waals surface area contributed by atoms with Crippen LogP contribution in [0.3, 0.4) is 0 Å². The number of piperidine rings is 1. The molecule has 4 nitrogen and oxygen atoms in total. The van der Waals surface area contributed by atoms with Crippen LogP contribution < -0.4 is 0 Å². The van der Waals surface area contributed by atoms with E-state index in [0.717, 1.165) is 12.8 Å². The van der Waals surface area contributed by atoms with Gasteiger partial charge >= 0.3 is 0 Å². The van der Waals surface area contributed by atoms with Crippen LogP contribution in [0.5, 0.6) is 0 Å². The first kappa shape index (κ1) is 14.5. The summed E-state index contributed by atoms with van der Waals surface area (Å²) in [7, 11) is -3.38. The molecule has 2 rings (SSSR count). The summed E-state index contributed by atoms with van der Waals surface area (Å²) >= 11 is 4.52. The Labute approximate surface area is 120 Å². The average molecular weight is 354 g/mol. The van der Waals surface area contributed by atoms with E-state index in [1.165, 1.54) is 11.3 Å². The quantitative estimate of drug-likeness (QED) is 0.903. The van der Waals surface area contributed by atoms with E-state index in [-0.39, 0.29) is 12.5 Å². The number of rotatable bonds is 4. The molecule has 1 saturated heterocycles. The van der Waals surface area contributed by atoms with Gasteiger partial charge < -0.3 is 5.11 Å². The predicted molar refractivity (Wildman–Crippen MR) is 75.2 cm³/mol. The first-order valence-corrected chi connectivity index (χ1v) is 9.01. The molecule has 0 spiro atoms. The van der Waals surface area contributed by atoms with Gasteiger partial charge in [-0.2, -0.15) is 4.31 Å². The summed E-state index contributed by atoms with van der Waals surface area (Å²) in [5.74, 6) is 0.275. The van der Waals surface area contributed by atoms with Crippen molar-refractivity contribution in [1.29, 1.82) is 0 Å². The van der Waals surface area contributed by atoms with Gasteiger partial charge in [0.15, 0.2) is 0 Å². The van der Waals surface area contributed by atoms with Crippen molar-refractivity contribution < 1.29 is 13.5 Å². The van der Waals surface area contributed by atoms with Crippen molar-refractivity contribution in [3.8, 4) is 0 Å². The minimum absolute atomic E-state index is 0.126. The lowest BCUT2D eigenvalue weighted by molar-refractivity contribution is 0.203. The number of hydrogen-bond acceptors (Lipinski definition) is 4. The van der Waals surface area contributed by atoms with Crippen LogP contribution in [0, 0.1) is 5.92 Å². The third kappa shape index (κ3) is 2.96. The summed E-state index contributed by atoms with van der Waals surface area (Å²) in [4.78, 5) is 0. The van der Waals surface area contributed by atoms with Crippen molar-refractivity contribution in [3.63, 3.8) is 0 Å². The average Bonchev–Trinajstić information content (AvgIpc) is 2.77. The Morgan fingerprint density at radius 1 is 1.56 bits per heavy atom. The number of nitrogens with zero attached hydrogens (tertiary/aromatic N) is 1. The Balaban J connectivity index is 2.18. The maximum Gasteiger partial charge on any atom is 0.253 e. The largest absolute Gasteiger partial charge is 0.396 e. The normalized spacial score (nSPS) is 22.2. The monoisotopic (exact) mass is 353 g/mol. The first-order valence-electron chi connectivity index (χ1n) is 5.89. The second-order valence-electron chi connectivity index (χ2n) is 4.44. The molecule has 0 saturated carbocycles. The van der Waals surface area contributed by atoms with Crippen LogP contribution in [0.2, 0.25) is 0 Å². The molecule has 1 atom stereocenters. The van der Waals surface area contributed by atoms with Gasteiger partial charge in [0.25, 0.3) is 10.0 Å². The first-order chi connectivity index (χ1) is 8.55. The standard InChI is InChI=1S/C11H16BrNO3S2/c12-10-4-7-17-11(10)18(15,16)13-5-1-2-9(8-13)3-6-14/h4,7,9,14H,1-3,5-6,8H2. The number of halogens is 1. The van der Waals surface area contributed by atoms with Crippen LogP contribution in [-0.4, -0.2) is 37.5 Å². The zero-order valence-corrected chi connectivity index (χ0v) is 13.1. The predicted octanol–water partition coefficient (Wildman–Crippen LogP) is 2.29. The summed E-state index contributed by atoms with van der Waals surface area (Å²) < 4.78 is 27.5. The van der Waals surface area contributed by atoms with Crippen LogP contribution in [-0.2, 0) is 10.0 Å². The van der Waals surface area contributed by atoms with E-state index in [0.29, 0.717) is 28.2 Å². The lowest BCUT2D eigenvalue weighted by Crippen LogP contribution is -2.39.